The largest absolute Gasteiger partial charge is 0.417 e. The minimum atomic E-state index is -4.55. The van der Waals surface area contributed by atoms with E-state index in [1.54, 1.807) is 48.8 Å². The van der Waals surface area contributed by atoms with Crippen molar-refractivity contribution in [2.45, 2.75) is 12.7 Å². The molecule has 10 nitrogen and oxygen atoms in total. The second-order valence-corrected chi connectivity index (χ2v) is 9.08. The summed E-state index contributed by atoms with van der Waals surface area (Å²) in [7, 11) is 1.46. The predicted octanol–water partition coefficient (Wildman–Crippen LogP) is 3.69. The molecule has 5 heterocycles. The van der Waals surface area contributed by atoms with Crippen LogP contribution in [0.25, 0.3) is 33.5 Å². The first-order valence-electron chi connectivity index (χ1n) is 11.4. The standard InChI is InChI=1S/C25H16ClF3N8O2/c1-34-23(38)36-21(32-34)19(14-2-5-17(26)6-3-14)20(15-8-10-30-11-9-15)22-33-35(24(39)37(22)36)13-18-7-4-16(12-31-18)25(27,28)29/h2-12H,13H2,1H3. The summed E-state index contributed by atoms with van der Waals surface area (Å²) >= 11 is 6.12. The number of fused-ring (bicyclic) bond motifs is 3. The molecule has 39 heavy (non-hydrogen) atoms. The average molecular weight is 553 g/mol. The molecule has 0 fully saturated rings. The summed E-state index contributed by atoms with van der Waals surface area (Å²) in [5, 5.41) is 9.44. The fourth-order valence-electron chi connectivity index (χ4n) is 4.37. The van der Waals surface area contributed by atoms with Crippen LogP contribution in [0.15, 0.2) is 76.7 Å². The van der Waals surface area contributed by atoms with Gasteiger partial charge in [-0.2, -0.15) is 22.2 Å². The van der Waals surface area contributed by atoms with Gasteiger partial charge < -0.3 is 0 Å². The molecule has 0 saturated heterocycles. The van der Waals surface area contributed by atoms with Crippen molar-refractivity contribution in [1.29, 1.82) is 0 Å². The fourth-order valence-corrected chi connectivity index (χ4v) is 4.50. The van der Waals surface area contributed by atoms with E-state index in [9.17, 15) is 22.8 Å². The Bertz CT molecular complexity index is 1970. The van der Waals surface area contributed by atoms with E-state index >= 15 is 0 Å². The van der Waals surface area contributed by atoms with Crippen molar-refractivity contribution in [3.63, 3.8) is 0 Å². The number of aryl methyl sites for hydroxylation is 1. The van der Waals surface area contributed by atoms with Crippen LogP contribution in [0.1, 0.15) is 11.3 Å². The fraction of sp³-hybridized carbons (Fsp3) is 0.120. The molecule has 0 atom stereocenters. The maximum Gasteiger partial charge on any atom is 0.417 e. The minimum absolute atomic E-state index is 0.130. The van der Waals surface area contributed by atoms with Crippen molar-refractivity contribution in [1.82, 2.24) is 38.6 Å². The quantitative estimate of drug-likeness (QED) is 0.330. The van der Waals surface area contributed by atoms with Crippen LogP contribution < -0.4 is 11.4 Å². The zero-order chi connectivity index (χ0) is 27.5. The first-order chi connectivity index (χ1) is 18.6. The third-order valence-electron chi connectivity index (χ3n) is 6.18. The number of rotatable bonds is 4. The summed E-state index contributed by atoms with van der Waals surface area (Å²) in [4.78, 5) is 34.8. The number of hydrogen-bond donors (Lipinski definition) is 0. The molecule has 0 aliphatic carbocycles. The highest BCUT2D eigenvalue weighted by Gasteiger charge is 2.31. The van der Waals surface area contributed by atoms with Gasteiger partial charge in [0, 0.05) is 41.8 Å². The van der Waals surface area contributed by atoms with E-state index < -0.39 is 23.1 Å². The number of aromatic nitrogens is 8. The van der Waals surface area contributed by atoms with Crippen LogP contribution in [0.3, 0.4) is 0 Å². The predicted molar refractivity (Wildman–Crippen MR) is 135 cm³/mol. The first-order valence-corrected chi connectivity index (χ1v) is 11.8. The van der Waals surface area contributed by atoms with Crippen molar-refractivity contribution < 1.29 is 13.2 Å². The molecule has 0 saturated carbocycles. The van der Waals surface area contributed by atoms with Gasteiger partial charge in [-0.05, 0) is 47.5 Å². The Kier molecular flexibility index (Phi) is 5.61. The van der Waals surface area contributed by atoms with Gasteiger partial charge in [0.05, 0.1) is 17.8 Å². The van der Waals surface area contributed by atoms with Crippen LogP contribution in [-0.4, -0.2) is 38.6 Å². The molecule has 0 spiro atoms. The summed E-state index contributed by atoms with van der Waals surface area (Å²) in [5.41, 5.74) is 0.606. The highest BCUT2D eigenvalue weighted by atomic mass is 35.5. The number of hydrogen-bond acceptors (Lipinski definition) is 6. The number of alkyl halides is 3. The zero-order valence-electron chi connectivity index (χ0n) is 20.0. The lowest BCUT2D eigenvalue weighted by Crippen LogP contribution is -2.30. The summed E-state index contributed by atoms with van der Waals surface area (Å²) in [6, 6.07) is 12.4. The van der Waals surface area contributed by atoms with Gasteiger partial charge in [-0.1, -0.05) is 23.7 Å². The molecular formula is C25H16ClF3N8O2. The Morgan fingerprint density at radius 1 is 0.821 bits per heavy atom. The van der Waals surface area contributed by atoms with Crippen molar-refractivity contribution in [3.05, 3.63) is 104 Å². The van der Waals surface area contributed by atoms with Crippen molar-refractivity contribution in [2.75, 3.05) is 0 Å². The molecule has 0 unspecified atom stereocenters. The van der Waals surface area contributed by atoms with E-state index in [0.717, 1.165) is 24.5 Å². The van der Waals surface area contributed by atoms with Gasteiger partial charge in [0.25, 0.3) is 0 Å². The second kappa shape index (κ2) is 8.91. The molecule has 0 aliphatic heterocycles. The van der Waals surface area contributed by atoms with Crippen LogP contribution in [0.5, 0.6) is 0 Å². The van der Waals surface area contributed by atoms with Gasteiger partial charge in [0.1, 0.15) is 0 Å². The molecule has 6 aromatic rings. The molecule has 0 bridgehead atoms. The van der Waals surface area contributed by atoms with E-state index in [1.807, 2.05) is 0 Å². The van der Waals surface area contributed by atoms with Gasteiger partial charge in [0.2, 0.25) is 0 Å². The third kappa shape index (κ3) is 4.07. The second-order valence-electron chi connectivity index (χ2n) is 8.65. The Balaban J connectivity index is 1.67. The van der Waals surface area contributed by atoms with E-state index in [0.29, 0.717) is 33.5 Å². The molecule has 0 aliphatic rings. The van der Waals surface area contributed by atoms with Crippen LogP contribution >= 0.6 is 11.6 Å². The Morgan fingerprint density at radius 3 is 2.05 bits per heavy atom. The lowest BCUT2D eigenvalue weighted by atomic mass is 9.97. The molecule has 5 aromatic heterocycles. The van der Waals surface area contributed by atoms with E-state index in [2.05, 4.69) is 20.2 Å². The van der Waals surface area contributed by atoms with Gasteiger partial charge in [0.15, 0.2) is 11.3 Å². The lowest BCUT2D eigenvalue weighted by Gasteiger charge is -2.12. The molecule has 0 N–H and O–H groups in total. The van der Waals surface area contributed by atoms with Crippen LogP contribution in [-0.2, 0) is 19.8 Å². The summed E-state index contributed by atoms with van der Waals surface area (Å²) in [6.07, 6.45) is -0.696. The van der Waals surface area contributed by atoms with E-state index in [-0.39, 0.29) is 23.5 Å². The number of pyridine rings is 2. The minimum Gasteiger partial charge on any atom is -0.265 e. The first kappa shape index (κ1) is 24.6. The summed E-state index contributed by atoms with van der Waals surface area (Å²) in [5.74, 6) is 0. The van der Waals surface area contributed by atoms with Gasteiger partial charge in [-0.15, -0.1) is 10.2 Å². The lowest BCUT2D eigenvalue weighted by molar-refractivity contribution is -0.137. The SMILES string of the molecule is Cn1nc2c(-c3ccc(Cl)cc3)c(-c3ccncc3)c3nn(Cc4ccc(C(F)(F)F)cn4)c(=O)n3n2c1=O. The molecule has 0 amide bonds. The maximum absolute atomic E-state index is 13.6. The third-order valence-corrected chi connectivity index (χ3v) is 6.44. The summed E-state index contributed by atoms with van der Waals surface area (Å²) in [6.45, 7) is -0.235. The van der Waals surface area contributed by atoms with Crippen LogP contribution in [0.2, 0.25) is 5.02 Å². The van der Waals surface area contributed by atoms with Crippen LogP contribution in [0, 0.1) is 0 Å². The normalized spacial score (nSPS) is 12.0. The Hall–Kier alpha value is -4.78. The maximum atomic E-state index is 13.6. The highest BCUT2D eigenvalue weighted by molar-refractivity contribution is 6.30. The smallest absolute Gasteiger partial charge is 0.265 e. The van der Waals surface area contributed by atoms with Crippen molar-refractivity contribution >= 4 is 22.9 Å². The van der Waals surface area contributed by atoms with E-state index in [4.69, 9.17) is 11.6 Å². The number of nitrogens with zero attached hydrogens (tertiary/aromatic N) is 8. The molecule has 1 aromatic carbocycles. The van der Waals surface area contributed by atoms with Gasteiger partial charge in [-0.3, -0.25) is 9.97 Å². The number of halogens is 4. The van der Waals surface area contributed by atoms with E-state index in [1.165, 1.54) is 13.1 Å². The number of benzene rings is 1. The topological polar surface area (TPSA) is 104 Å². The van der Waals surface area contributed by atoms with Crippen LogP contribution in [0.4, 0.5) is 13.2 Å². The molecule has 14 heteroatoms. The highest BCUT2D eigenvalue weighted by Crippen LogP contribution is 2.37. The van der Waals surface area contributed by atoms with Gasteiger partial charge >= 0.3 is 17.6 Å². The Morgan fingerprint density at radius 2 is 1.44 bits per heavy atom. The Labute approximate surface area is 221 Å². The molecule has 6 rings (SSSR count). The van der Waals surface area contributed by atoms with Gasteiger partial charge in [-0.25, -0.2) is 19.0 Å². The molecular weight excluding hydrogens is 537 g/mol. The van der Waals surface area contributed by atoms with Crippen molar-refractivity contribution in [2.24, 2.45) is 7.05 Å². The van der Waals surface area contributed by atoms with Crippen molar-refractivity contribution in [3.8, 4) is 22.3 Å². The zero-order valence-corrected chi connectivity index (χ0v) is 20.7. The summed E-state index contributed by atoms with van der Waals surface area (Å²) < 4.78 is 43.3. The average Bonchev–Trinajstić information content (AvgIpc) is 3.39. The molecule has 196 valence electrons. The molecule has 0 radical (unpaired) electrons. The monoisotopic (exact) mass is 552 g/mol.